The zero-order chi connectivity index (χ0) is 26.7. The Labute approximate surface area is 206 Å². The van der Waals surface area contributed by atoms with Crippen molar-refractivity contribution in [2.45, 2.75) is 58.0 Å². The third kappa shape index (κ3) is 6.49. The zero-order valence-electron chi connectivity index (χ0n) is 20.3. The fourth-order valence-corrected chi connectivity index (χ4v) is 3.70. The Hall–Kier alpha value is -3.70. The number of hydrogen-bond donors (Lipinski definition) is 1. The molecular formula is C24H27F3N4O5. The van der Waals surface area contributed by atoms with Crippen LogP contribution in [-0.4, -0.2) is 58.1 Å². The molecule has 0 aromatic carbocycles. The van der Waals surface area contributed by atoms with Crippen LogP contribution < -0.4 is 5.32 Å². The van der Waals surface area contributed by atoms with Crippen molar-refractivity contribution in [3.63, 3.8) is 0 Å². The second-order valence-corrected chi connectivity index (χ2v) is 9.19. The molecule has 1 unspecified atom stereocenters. The summed E-state index contributed by atoms with van der Waals surface area (Å²) >= 11 is 0. The summed E-state index contributed by atoms with van der Waals surface area (Å²) in [5.41, 5.74) is -0.911. The van der Waals surface area contributed by atoms with Crippen LogP contribution in [0.5, 0.6) is 0 Å². The van der Waals surface area contributed by atoms with Gasteiger partial charge in [-0.15, -0.1) is 0 Å². The van der Waals surface area contributed by atoms with E-state index < -0.39 is 41.5 Å². The van der Waals surface area contributed by atoms with Gasteiger partial charge in [-0.25, -0.2) is 9.59 Å². The molecule has 1 saturated heterocycles. The van der Waals surface area contributed by atoms with Gasteiger partial charge in [0.05, 0.1) is 24.9 Å². The average Bonchev–Trinajstić information content (AvgIpc) is 3.31. The lowest BCUT2D eigenvalue weighted by atomic mass is 10.0. The van der Waals surface area contributed by atoms with Crippen LogP contribution in [0.2, 0.25) is 0 Å². The summed E-state index contributed by atoms with van der Waals surface area (Å²) < 4.78 is 48.8. The molecule has 2 aromatic heterocycles. The number of nitrogens with one attached hydrogen (secondary N) is 1. The van der Waals surface area contributed by atoms with Crippen molar-refractivity contribution in [2.75, 3.05) is 13.7 Å². The van der Waals surface area contributed by atoms with E-state index in [1.165, 1.54) is 30.3 Å². The van der Waals surface area contributed by atoms with Crippen molar-refractivity contribution >= 4 is 18.0 Å². The van der Waals surface area contributed by atoms with E-state index in [1.807, 2.05) is 0 Å². The second-order valence-electron chi connectivity index (χ2n) is 9.19. The maximum absolute atomic E-state index is 12.9. The Morgan fingerprint density at radius 1 is 1.14 bits per heavy atom. The zero-order valence-corrected chi connectivity index (χ0v) is 20.3. The lowest BCUT2D eigenvalue weighted by molar-refractivity contribution is -0.141. The minimum Gasteiger partial charge on any atom is -0.465 e. The third-order valence-electron chi connectivity index (χ3n) is 5.36. The van der Waals surface area contributed by atoms with Crippen molar-refractivity contribution in [3.05, 3.63) is 47.5 Å². The van der Waals surface area contributed by atoms with Crippen LogP contribution in [0.3, 0.4) is 0 Å². The van der Waals surface area contributed by atoms with Crippen LogP contribution in [0, 0.1) is 0 Å². The molecule has 1 N–H and O–H groups in total. The molecule has 2 aromatic rings. The van der Waals surface area contributed by atoms with Gasteiger partial charge in [0, 0.05) is 30.1 Å². The molecule has 0 aliphatic carbocycles. The van der Waals surface area contributed by atoms with Crippen molar-refractivity contribution in [1.29, 1.82) is 0 Å². The number of nitrogens with zero attached hydrogens (tertiary/aromatic N) is 3. The minimum atomic E-state index is -4.61. The standard InChI is InChI=1S/C24H27F3N4O5/c1-23(2,3)36-22(34)31-9-5-6-18(31)20(32)30-12-15-10-16(17(13-28-15)21(33)35-4)14-7-8-19(29-11-14)24(25,26)27/h7-8,10-11,13,18H,5-6,9,12H2,1-4H3,(H,30,32). The van der Waals surface area contributed by atoms with Crippen LogP contribution in [0.1, 0.15) is 55.4 Å². The topological polar surface area (TPSA) is 111 Å². The Bertz CT molecular complexity index is 1130. The highest BCUT2D eigenvalue weighted by molar-refractivity contribution is 5.97. The third-order valence-corrected chi connectivity index (χ3v) is 5.36. The molecule has 1 aliphatic rings. The van der Waals surface area contributed by atoms with E-state index >= 15 is 0 Å². The van der Waals surface area contributed by atoms with Gasteiger partial charge in [0.15, 0.2) is 0 Å². The molecule has 194 valence electrons. The first-order valence-corrected chi connectivity index (χ1v) is 11.2. The second kappa shape index (κ2) is 10.5. The summed E-state index contributed by atoms with van der Waals surface area (Å²) in [5.74, 6) is -1.12. The summed E-state index contributed by atoms with van der Waals surface area (Å²) in [6.07, 6.45) is -1.83. The lowest BCUT2D eigenvalue weighted by Gasteiger charge is -2.28. The highest BCUT2D eigenvalue weighted by Gasteiger charge is 2.36. The number of pyridine rings is 2. The predicted molar refractivity (Wildman–Crippen MR) is 122 cm³/mol. The number of amides is 2. The van der Waals surface area contributed by atoms with E-state index in [9.17, 15) is 27.6 Å². The molecule has 0 spiro atoms. The number of hydrogen-bond acceptors (Lipinski definition) is 7. The van der Waals surface area contributed by atoms with E-state index in [-0.39, 0.29) is 23.2 Å². The summed E-state index contributed by atoms with van der Waals surface area (Å²) in [7, 11) is 1.17. The molecule has 2 amide bonds. The normalized spacial score (nSPS) is 16.0. The van der Waals surface area contributed by atoms with Gasteiger partial charge < -0.3 is 14.8 Å². The van der Waals surface area contributed by atoms with Crippen LogP contribution in [0.4, 0.5) is 18.0 Å². The molecule has 1 fully saturated rings. The molecule has 0 radical (unpaired) electrons. The first kappa shape index (κ1) is 26.9. The number of aromatic nitrogens is 2. The minimum absolute atomic E-state index is 0.0287. The van der Waals surface area contributed by atoms with Crippen molar-refractivity contribution in [1.82, 2.24) is 20.2 Å². The fraction of sp³-hybridized carbons (Fsp3) is 0.458. The monoisotopic (exact) mass is 508 g/mol. The number of alkyl halides is 3. The number of methoxy groups -OCH3 is 1. The van der Waals surface area contributed by atoms with Crippen LogP contribution in [-0.2, 0) is 27.0 Å². The van der Waals surface area contributed by atoms with E-state index in [0.29, 0.717) is 25.1 Å². The molecule has 3 heterocycles. The fourth-order valence-electron chi connectivity index (χ4n) is 3.70. The number of likely N-dealkylation sites (tertiary alicyclic amines) is 1. The van der Waals surface area contributed by atoms with Gasteiger partial charge in [0.25, 0.3) is 0 Å². The lowest BCUT2D eigenvalue weighted by Crippen LogP contribution is -2.47. The number of ether oxygens (including phenoxy) is 2. The molecular weight excluding hydrogens is 481 g/mol. The molecule has 0 saturated carbocycles. The summed E-state index contributed by atoms with van der Waals surface area (Å²) in [6, 6.07) is 2.77. The number of halogens is 3. The Balaban J connectivity index is 1.78. The highest BCUT2D eigenvalue weighted by Crippen LogP contribution is 2.30. The van der Waals surface area contributed by atoms with Gasteiger partial charge in [-0.05, 0) is 45.7 Å². The van der Waals surface area contributed by atoms with Crippen LogP contribution in [0.25, 0.3) is 11.1 Å². The average molecular weight is 508 g/mol. The van der Waals surface area contributed by atoms with Gasteiger partial charge >= 0.3 is 18.2 Å². The Morgan fingerprint density at radius 2 is 1.86 bits per heavy atom. The number of esters is 1. The van der Waals surface area contributed by atoms with E-state index in [1.54, 1.807) is 20.8 Å². The largest absolute Gasteiger partial charge is 0.465 e. The van der Waals surface area contributed by atoms with E-state index in [2.05, 4.69) is 15.3 Å². The Kier molecular flexibility index (Phi) is 7.85. The molecule has 1 aliphatic heterocycles. The quantitative estimate of drug-likeness (QED) is 0.609. The molecule has 12 heteroatoms. The predicted octanol–water partition coefficient (Wildman–Crippen LogP) is 3.96. The van der Waals surface area contributed by atoms with Crippen molar-refractivity contribution in [2.24, 2.45) is 0 Å². The van der Waals surface area contributed by atoms with Gasteiger partial charge in [-0.2, -0.15) is 13.2 Å². The number of rotatable bonds is 5. The number of carbonyl (C=O) groups is 3. The smallest absolute Gasteiger partial charge is 0.433 e. The van der Waals surface area contributed by atoms with Gasteiger partial charge in [-0.1, -0.05) is 6.07 Å². The summed E-state index contributed by atoms with van der Waals surface area (Å²) in [4.78, 5) is 46.5. The maximum atomic E-state index is 12.9. The molecule has 9 nitrogen and oxygen atoms in total. The molecule has 36 heavy (non-hydrogen) atoms. The van der Waals surface area contributed by atoms with Crippen molar-refractivity contribution in [3.8, 4) is 11.1 Å². The van der Waals surface area contributed by atoms with Crippen LogP contribution in [0.15, 0.2) is 30.6 Å². The maximum Gasteiger partial charge on any atom is 0.433 e. The SMILES string of the molecule is COC(=O)c1cnc(CNC(=O)C2CCCN2C(=O)OC(C)(C)C)cc1-c1ccc(C(F)(F)F)nc1. The van der Waals surface area contributed by atoms with Gasteiger partial charge in [0.1, 0.15) is 17.3 Å². The first-order valence-electron chi connectivity index (χ1n) is 11.2. The van der Waals surface area contributed by atoms with Gasteiger partial charge in [0.2, 0.25) is 5.91 Å². The van der Waals surface area contributed by atoms with Crippen LogP contribution >= 0.6 is 0 Å². The first-order chi connectivity index (χ1) is 16.8. The van der Waals surface area contributed by atoms with Crippen molar-refractivity contribution < 1.29 is 37.0 Å². The van der Waals surface area contributed by atoms with E-state index in [4.69, 9.17) is 9.47 Å². The Morgan fingerprint density at radius 3 is 2.44 bits per heavy atom. The van der Waals surface area contributed by atoms with E-state index in [0.717, 1.165) is 12.3 Å². The molecule has 3 rings (SSSR count). The number of carbonyl (C=O) groups excluding carboxylic acids is 3. The molecule has 0 bridgehead atoms. The molecule has 1 atom stereocenters. The summed E-state index contributed by atoms with van der Waals surface area (Å²) in [5, 5.41) is 2.73. The van der Waals surface area contributed by atoms with Gasteiger partial charge in [-0.3, -0.25) is 19.7 Å². The highest BCUT2D eigenvalue weighted by atomic mass is 19.4. The summed E-state index contributed by atoms with van der Waals surface area (Å²) in [6.45, 7) is 5.57.